The zero-order chi connectivity index (χ0) is 13.9. The van der Waals surface area contributed by atoms with Crippen LogP contribution in [0.15, 0.2) is 18.3 Å². The van der Waals surface area contributed by atoms with Crippen molar-refractivity contribution in [3.8, 4) is 17.3 Å². The summed E-state index contributed by atoms with van der Waals surface area (Å²) in [6, 6.07) is 4.21. The van der Waals surface area contributed by atoms with Crippen LogP contribution in [0.4, 0.5) is 5.95 Å². The molecule has 106 valence electrons. The van der Waals surface area contributed by atoms with Gasteiger partial charge in [0.25, 0.3) is 0 Å². The van der Waals surface area contributed by atoms with E-state index in [-0.39, 0.29) is 0 Å². The number of nitrogens with zero attached hydrogens (tertiary/aromatic N) is 4. The van der Waals surface area contributed by atoms with Crippen LogP contribution in [0.2, 0.25) is 0 Å². The Labute approximate surface area is 117 Å². The van der Waals surface area contributed by atoms with Gasteiger partial charge in [-0.1, -0.05) is 0 Å². The molecule has 1 fully saturated rings. The van der Waals surface area contributed by atoms with Crippen LogP contribution in [0.3, 0.4) is 0 Å². The van der Waals surface area contributed by atoms with Gasteiger partial charge in [0.15, 0.2) is 5.82 Å². The molecule has 20 heavy (non-hydrogen) atoms. The molecule has 1 atom stereocenters. The third kappa shape index (κ3) is 2.44. The van der Waals surface area contributed by atoms with E-state index in [2.05, 4.69) is 37.3 Å². The Morgan fingerprint density at radius 1 is 1.45 bits per heavy atom. The first-order valence-electron chi connectivity index (χ1n) is 6.68. The molecule has 1 saturated heterocycles. The Morgan fingerprint density at radius 2 is 2.35 bits per heavy atom. The van der Waals surface area contributed by atoms with E-state index in [1.807, 2.05) is 12.1 Å². The molecule has 7 heteroatoms. The van der Waals surface area contributed by atoms with Crippen LogP contribution < -0.4 is 15.0 Å². The van der Waals surface area contributed by atoms with E-state index in [0.717, 1.165) is 31.1 Å². The zero-order valence-corrected chi connectivity index (χ0v) is 11.6. The van der Waals surface area contributed by atoms with Gasteiger partial charge in [0, 0.05) is 31.9 Å². The minimum Gasteiger partial charge on any atom is -0.480 e. The fraction of sp³-hybridized carbons (Fsp3) is 0.462. The van der Waals surface area contributed by atoms with E-state index >= 15 is 0 Å². The predicted molar refractivity (Wildman–Crippen MR) is 75.8 cm³/mol. The van der Waals surface area contributed by atoms with Crippen LogP contribution in [0, 0.1) is 0 Å². The number of aromatic amines is 1. The van der Waals surface area contributed by atoms with Crippen molar-refractivity contribution in [1.29, 1.82) is 0 Å². The van der Waals surface area contributed by atoms with Gasteiger partial charge in [0.05, 0.1) is 12.7 Å². The number of anilines is 1. The summed E-state index contributed by atoms with van der Waals surface area (Å²) in [5.41, 5.74) is 0.817. The molecule has 3 rings (SSSR count). The van der Waals surface area contributed by atoms with Crippen LogP contribution in [-0.2, 0) is 0 Å². The molecule has 2 N–H and O–H groups in total. The summed E-state index contributed by atoms with van der Waals surface area (Å²) < 4.78 is 5.25. The molecule has 1 aliphatic rings. The Bertz CT molecular complexity index is 584. The standard InChI is InChI=1S/C13H18N6O/c1-9-8-19(7-6-14-9)13-16-11(17-18-13)10-4-3-5-15-12(10)20-2/h3-5,9,14H,6-8H2,1-2H3,(H,16,17,18)/t9-/m0/s1. The van der Waals surface area contributed by atoms with E-state index in [1.165, 1.54) is 0 Å². The van der Waals surface area contributed by atoms with Crippen molar-refractivity contribution in [2.75, 3.05) is 31.6 Å². The summed E-state index contributed by atoms with van der Waals surface area (Å²) in [5.74, 6) is 1.94. The maximum absolute atomic E-state index is 5.25. The molecule has 0 aliphatic carbocycles. The van der Waals surface area contributed by atoms with Gasteiger partial charge in [0.2, 0.25) is 11.8 Å². The molecule has 0 amide bonds. The Morgan fingerprint density at radius 3 is 3.15 bits per heavy atom. The molecule has 3 heterocycles. The number of nitrogens with one attached hydrogen (secondary N) is 2. The maximum atomic E-state index is 5.25. The Balaban J connectivity index is 1.86. The molecule has 2 aromatic rings. The highest BCUT2D eigenvalue weighted by Crippen LogP contribution is 2.25. The van der Waals surface area contributed by atoms with E-state index in [0.29, 0.717) is 17.7 Å². The second kappa shape index (κ2) is 5.46. The van der Waals surface area contributed by atoms with Crippen LogP contribution in [-0.4, -0.2) is 53.0 Å². The lowest BCUT2D eigenvalue weighted by Gasteiger charge is -2.30. The Kier molecular flexibility index (Phi) is 3.51. The summed E-state index contributed by atoms with van der Waals surface area (Å²) in [5, 5.41) is 10.7. The second-order valence-corrected chi connectivity index (χ2v) is 4.85. The Hall–Kier alpha value is -2.15. The average Bonchev–Trinajstić information content (AvgIpc) is 2.97. The van der Waals surface area contributed by atoms with E-state index in [4.69, 9.17) is 4.74 Å². The van der Waals surface area contributed by atoms with Gasteiger partial charge in [-0.2, -0.15) is 4.98 Å². The quantitative estimate of drug-likeness (QED) is 0.856. The number of hydrogen-bond acceptors (Lipinski definition) is 6. The number of methoxy groups -OCH3 is 1. The minimum absolute atomic E-state index is 0.443. The third-order valence-corrected chi connectivity index (χ3v) is 3.34. The van der Waals surface area contributed by atoms with Crippen molar-refractivity contribution in [2.24, 2.45) is 0 Å². The van der Waals surface area contributed by atoms with Crippen LogP contribution in [0.25, 0.3) is 11.4 Å². The number of rotatable bonds is 3. The molecule has 0 bridgehead atoms. The first-order valence-corrected chi connectivity index (χ1v) is 6.68. The fourth-order valence-electron chi connectivity index (χ4n) is 2.36. The van der Waals surface area contributed by atoms with Crippen molar-refractivity contribution < 1.29 is 4.74 Å². The number of hydrogen-bond donors (Lipinski definition) is 2. The minimum atomic E-state index is 0.443. The normalized spacial score (nSPS) is 19.1. The van der Waals surface area contributed by atoms with Crippen molar-refractivity contribution in [3.05, 3.63) is 18.3 Å². The van der Waals surface area contributed by atoms with Crippen LogP contribution >= 0.6 is 0 Å². The van der Waals surface area contributed by atoms with Gasteiger partial charge in [-0.3, -0.25) is 5.10 Å². The summed E-state index contributed by atoms with van der Waals surface area (Å²) in [6.07, 6.45) is 1.69. The number of aromatic nitrogens is 4. The molecule has 0 saturated carbocycles. The fourth-order valence-corrected chi connectivity index (χ4v) is 2.36. The first-order chi connectivity index (χ1) is 9.78. The highest BCUT2D eigenvalue weighted by molar-refractivity contribution is 5.62. The topological polar surface area (TPSA) is 79.0 Å². The number of ether oxygens (including phenoxy) is 1. The summed E-state index contributed by atoms with van der Waals surface area (Å²) >= 11 is 0. The monoisotopic (exact) mass is 274 g/mol. The third-order valence-electron chi connectivity index (χ3n) is 3.34. The summed E-state index contributed by atoms with van der Waals surface area (Å²) in [4.78, 5) is 10.9. The van der Waals surface area contributed by atoms with Gasteiger partial charge in [-0.05, 0) is 19.1 Å². The van der Waals surface area contributed by atoms with Crippen LogP contribution in [0.5, 0.6) is 5.88 Å². The highest BCUT2D eigenvalue weighted by atomic mass is 16.5. The first kappa shape index (κ1) is 12.9. The maximum Gasteiger partial charge on any atom is 0.245 e. The molecule has 7 nitrogen and oxygen atoms in total. The lowest BCUT2D eigenvalue weighted by molar-refractivity contribution is 0.399. The van der Waals surface area contributed by atoms with Crippen molar-refractivity contribution >= 4 is 5.95 Å². The van der Waals surface area contributed by atoms with E-state index in [9.17, 15) is 0 Å². The van der Waals surface area contributed by atoms with Crippen molar-refractivity contribution in [1.82, 2.24) is 25.5 Å². The highest BCUT2D eigenvalue weighted by Gasteiger charge is 2.20. The van der Waals surface area contributed by atoms with Crippen molar-refractivity contribution in [2.45, 2.75) is 13.0 Å². The van der Waals surface area contributed by atoms with Gasteiger partial charge >= 0.3 is 0 Å². The second-order valence-electron chi connectivity index (χ2n) is 4.85. The van der Waals surface area contributed by atoms with E-state index < -0.39 is 0 Å². The van der Waals surface area contributed by atoms with Gasteiger partial charge in [-0.15, -0.1) is 5.10 Å². The SMILES string of the molecule is COc1ncccc1-c1nc(N2CCN[C@@H](C)C2)n[nH]1. The molecule has 0 spiro atoms. The summed E-state index contributed by atoms with van der Waals surface area (Å²) in [6.45, 7) is 4.92. The molecular weight excluding hydrogens is 256 g/mol. The van der Waals surface area contributed by atoms with Gasteiger partial charge in [0.1, 0.15) is 0 Å². The smallest absolute Gasteiger partial charge is 0.245 e. The number of pyridine rings is 1. The largest absolute Gasteiger partial charge is 0.480 e. The van der Waals surface area contributed by atoms with Gasteiger partial charge in [-0.25, -0.2) is 4.98 Å². The van der Waals surface area contributed by atoms with Crippen LogP contribution in [0.1, 0.15) is 6.92 Å². The number of H-pyrrole nitrogens is 1. The lowest BCUT2D eigenvalue weighted by atomic mass is 10.2. The molecule has 1 aliphatic heterocycles. The molecule has 0 unspecified atom stereocenters. The predicted octanol–water partition coefficient (Wildman–Crippen LogP) is 0.673. The zero-order valence-electron chi connectivity index (χ0n) is 11.6. The summed E-state index contributed by atoms with van der Waals surface area (Å²) in [7, 11) is 1.60. The van der Waals surface area contributed by atoms with Crippen molar-refractivity contribution in [3.63, 3.8) is 0 Å². The average molecular weight is 274 g/mol. The van der Waals surface area contributed by atoms with E-state index in [1.54, 1.807) is 13.3 Å². The molecule has 0 radical (unpaired) electrons. The number of piperazine rings is 1. The molecule has 2 aromatic heterocycles. The molecule has 0 aromatic carbocycles. The van der Waals surface area contributed by atoms with Gasteiger partial charge < -0.3 is 15.0 Å². The molecular formula is C13H18N6O. The lowest BCUT2D eigenvalue weighted by Crippen LogP contribution is -2.49.